The minimum Gasteiger partial charge on any atom is -0.354 e. The number of carbonyl (C=O) groups excluding carboxylic acids is 2. The fraction of sp³-hybridized carbons (Fsp3) is 0.417. The summed E-state index contributed by atoms with van der Waals surface area (Å²) in [6.07, 6.45) is 1.96. The number of hydrogen-bond donors (Lipinski definition) is 1. The molecule has 0 aliphatic heterocycles. The number of benzene rings is 2. The molecule has 0 aliphatic rings. The first-order valence-corrected chi connectivity index (χ1v) is 11.2. The number of aryl methyl sites for hydroxylation is 2. The molecule has 0 spiro atoms. The average Bonchev–Trinajstić information content (AvgIpc) is 2.72. The quantitative estimate of drug-likeness (QED) is 0.453. The molecule has 0 bridgehead atoms. The van der Waals surface area contributed by atoms with E-state index in [1.54, 1.807) is 4.90 Å². The summed E-state index contributed by atoms with van der Waals surface area (Å²) in [6.45, 7) is 9.06. The number of carbonyl (C=O) groups is 2. The average molecular weight is 413 g/mol. The number of amides is 2. The zero-order valence-corrected chi connectivity index (χ0v) is 18.7. The number of nitrogens with one attached hydrogen (secondary N) is 1. The van der Waals surface area contributed by atoms with Gasteiger partial charge in [0.1, 0.15) is 6.04 Å². The van der Waals surface area contributed by atoms with Crippen LogP contribution in [0.25, 0.3) is 0 Å². The van der Waals surface area contributed by atoms with Crippen LogP contribution < -0.4 is 5.32 Å². The van der Waals surface area contributed by atoms with Gasteiger partial charge in [-0.3, -0.25) is 9.59 Å². The van der Waals surface area contributed by atoms with Gasteiger partial charge in [-0.2, -0.15) is 0 Å². The Hall–Kier alpha value is -2.27. The standard InChI is InChI=1S/C24H32N2O2S/c1-5-6-15-25-24(28)20(4)26(16-21-10-8-7-9-19(21)3)23(27)17-29-22-13-11-18(2)12-14-22/h7-14,20H,5-6,15-17H2,1-4H3,(H,25,28). The van der Waals surface area contributed by atoms with Gasteiger partial charge in [-0.1, -0.05) is 55.3 Å². The molecule has 0 aromatic heterocycles. The molecule has 1 unspecified atom stereocenters. The predicted molar refractivity (Wildman–Crippen MR) is 121 cm³/mol. The van der Waals surface area contributed by atoms with Crippen molar-refractivity contribution in [3.8, 4) is 0 Å². The first-order valence-electron chi connectivity index (χ1n) is 10.2. The van der Waals surface area contributed by atoms with Gasteiger partial charge in [0.05, 0.1) is 5.75 Å². The summed E-state index contributed by atoms with van der Waals surface area (Å²) in [5.41, 5.74) is 3.38. The second-order valence-electron chi connectivity index (χ2n) is 7.37. The van der Waals surface area contributed by atoms with Crippen molar-refractivity contribution >= 4 is 23.6 Å². The highest BCUT2D eigenvalue weighted by molar-refractivity contribution is 8.00. The van der Waals surface area contributed by atoms with Gasteiger partial charge in [0.25, 0.3) is 0 Å². The molecule has 2 rings (SSSR count). The van der Waals surface area contributed by atoms with E-state index < -0.39 is 6.04 Å². The molecule has 0 radical (unpaired) electrons. The van der Waals surface area contributed by atoms with Gasteiger partial charge in [-0.05, 0) is 50.5 Å². The molecule has 0 aliphatic carbocycles. The van der Waals surface area contributed by atoms with Gasteiger partial charge in [0, 0.05) is 18.0 Å². The van der Waals surface area contributed by atoms with Crippen molar-refractivity contribution in [2.75, 3.05) is 12.3 Å². The molecule has 156 valence electrons. The van der Waals surface area contributed by atoms with Crippen LogP contribution in [-0.4, -0.2) is 35.1 Å². The van der Waals surface area contributed by atoms with Gasteiger partial charge in [0.15, 0.2) is 0 Å². The van der Waals surface area contributed by atoms with Crippen LogP contribution >= 0.6 is 11.8 Å². The van der Waals surface area contributed by atoms with E-state index in [0.29, 0.717) is 18.8 Å². The Labute approximate surface area is 179 Å². The zero-order chi connectivity index (χ0) is 21.2. The Kier molecular flexibility index (Phi) is 9.26. The SMILES string of the molecule is CCCCNC(=O)C(C)N(Cc1ccccc1C)C(=O)CSc1ccc(C)cc1. The van der Waals surface area contributed by atoms with Crippen LogP contribution in [0.15, 0.2) is 53.4 Å². The molecule has 0 heterocycles. The Morgan fingerprint density at radius 2 is 1.76 bits per heavy atom. The van der Waals surface area contributed by atoms with Gasteiger partial charge in [-0.25, -0.2) is 0 Å². The van der Waals surface area contributed by atoms with Crippen LogP contribution in [-0.2, 0) is 16.1 Å². The molecular formula is C24H32N2O2S. The Morgan fingerprint density at radius 3 is 2.41 bits per heavy atom. The number of rotatable bonds is 10. The number of unbranched alkanes of at least 4 members (excludes halogenated alkanes) is 1. The summed E-state index contributed by atoms with van der Waals surface area (Å²) < 4.78 is 0. The fourth-order valence-corrected chi connectivity index (χ4v) is 3.74. The Morgan fingerprint density at radius 1 is 1.07 bits per heavy atom. The van der Waals surface area contributed by atoms with Crippen molar-refractivity contribution in [2.24, 2.45) is 0 Å². The third-order valence-electron chi connectivity index (χ3n) is 4.98. The predicted octanol–water partition coefficient (Wildman–Crippen LogP) is 4.73. The molecule has 1 atom stereocenters. The van der Waals surface area contributed by atoms with E-state index in [1.165, 1.54) is 17.3 Å². The van der Waals surface area contributed by atoms with Crippen molar-refractivity contribution in [3.63, 3.8) is 0 Å². The van der Waals surface area contributed by atoms with Gasteiger partial charge in [-0.15, -0.1) is 11.8 Å². The van der Waals surface area contributed by atoms with E-state index in [9.17, 15) is 9.59 Å². The third-order valence-corrected chi connectivity index (χ3v) is 5.98. The van der Waals surface area contributed by atoms with E-state index in [1.807, 2.05) is 69.3 Å². The topological polar surface area (TPSA) is 49.4 Å². The van der Waals surface area contributed by atoms with E-state index in [4.69, 9.17) is 0 Å². The molecule has 2 amide bonds. The van der Waals surface area contributed by atoms with Crippen LogP contribution in [0, 0.1) is 13.8 Å². The van der Waals surface area contributed by atoms with Crippen LogP contribution in [0.2, 0.25) is 0 Å². The second-order valence-corrected chi connectivity index (χ2v) is 8.42. The summed E-state index contributed by atoms with van der Waals surface area (Å²) in [4.78, 5) is 28.5. The van der Waals surface area contributed by atoms with E-state index in [0.717, 1.165) is 28.9 Å². The summed E-state index contributed by atoms with van der Waals surface area (Å²) >= 11 is 1.51. The molecule has 0 saturated carbocycles. The monoisotopic (exact) mass is 412 g/mol. The maximum Gasteiger partial charge on any atom is 0.242 e. The zero-order valence-electron chi connectivity index (χ0n) is 17.9. The van der Waals surface area contributed by atoms with Crippen molar-refractivity contribution in [2.45, 2.75) is 58.0 Å². The highest BCUT2D eigenvalue weighted by Gasteiger charge is 2.26. The number of thioether (sulfide) groups is 1. The number of hydrogen-bond acceptors (Lipinski definition) is 3. The van der Waals surface area contributed by atoms with Crippen molar-refractivity contribution in [3.05, 3.63) is 65.2 Å². The lowest BCUT2D eigenvalue weighted by Gasteiger charge is -2.29. The highest BCUT2D eigenvalue weighted by atomic mass is 32.2. The van der Waals surface area contributed by atoms with E-state index >= 15 is 0 Å². The lowest BCUT2D eigenvalue weighted by molar-refractivity contribution is -0.138. The molecule has 0 saturated heterocycles. The van der Waals surface area contributed by atoms with Crippen LogP contribution in [0.1, 0.15) is 43.4 Å². The molecular weight excluding hydrogens is 380 g/mol. The van der Waals surface area contributed by atoms with Crippen LogP contribution in [0.3, 0.4) is 0 Å². The van der Waals surface area contributed by atoms with Crippen LogP contribution in [0.5, 0.6) is 0 Å². The van der Waals surface area contributed by atoms with Crippen molar-refractivity contribution < 1.29 is 9.59 Å². The second kappa shape index (κ2) is 11.7. The molecule has 2 aromatic rings. The van der Waals surface area contributed by atoms with E-state index in [2.05, 4.69) is 12.2 Å². The lowest BCUT2D eigenvalue weighted by atomic mass is 10.1. The summed E-state index contributed by atoms with van der Waals surface area (Å²) in [6, 6.07) is 15.6. The highest BCUT2D eigenvalue weighted by Crippen LogP contribution is 2.21. The maximum atomic E-state index is 13.1. The van der Waals surface area contributed by atoms with Crippen molar-refractivity contribution in [1.29, 1.82) is 0 Å². The van der Waals surface area contributed by atoms with Gasteiger partial charge >= 0.3 is 0 Å². The van der Waals surface area contributed by atoms with E-state index in [-0.39, 0.29) is 11.8 Å². The molecule has 29 heavy (non-hydrogen) atoms. The normalized spacial score (nSPS) is 11.7. The number of nitrogens with zero attached hydrogens (tertiary/aromatic N) is 1. The van der Waals surface area contributed by atoms with Crippen LogP contribution in [0.4, 0.5) is 0 Å². The molecule has 4 nitrogen and oxygen atoms in total. The first kappa shape index (κ1) is 23.0. The summed E-state index contributed by atoms with van der Waals surface area (Å²) in [5, 5.41) is 2.96. The van der Waals surface area contributed by atoms with Crippen molar-refractivity contribution in [1.82, 2.24) is 10.2 Å². The van der Waals surface area contributed by atoms with Gasteiger partial charge < -0.3 is 10.2 Å². The lowest BCUT2D eigenvalue weighted by Crippen LogP contribution is -2.48. The Balaban J connectivity index is 2.11. The Bertz CT molecular complexity index is 805. The fourth-order valence-electron chi connectivity index (χ4n) is 2.95. The minimum absolute atomic E-state index is 0.0306. The van der Waals surface area contributed by atoms with Gasteiger partial charge in [0.2, 0.25) is 11.8 Å². The molecule has 0 fully saturated rings. The summed E-state index contributed by atoms with van der Waals surface area (Å²) in [5.74, 6) is 0.180. The minimum atomic E-state index is -0.516. The summed E-state index contributed by atoms with van der Waals surface area (Å²) in [7, 11) is 0. The molecule has 1 N–H and O–H groups in total. The molecule has 2 aromatic carbocycles. The third kappa shape index (κ3) is 7.24. The maximum absolute atomic E-state index is 13.1. The first-order chi connectivity index (χ1) is 13.9. The largest absolute Gasteiger partial charge is 0.354 e. The smallest absolute Gasteiger partial charge is 0.242 e. The molecule has 5 heteroatoms.